The quantitative estimate of drug-likeness (QED) is 0.814. The Morgan fingerprint density at radius 2 is 1.92 bits per heavy atom. The number of carbonyl (C=O) groups excluding carboxylic acids is 2. The van der Waals surface area contributed by atoms with E-state index in [1.165, 1.54) is 18.2 Å². The summed E-state index contributed by atoms with van der Waals surface area (Å²) in [5.41, 5.74) is 3.96. The van der Waals surface area contributed by atoms with Crippen molar-refractivity contribution in [2.75, 3.05) is 0 Å². The molecule has 128 valence electrons. The number of oxazole rings is 1. The van der Waals surface area contributed by atoms with Gasteiger partial charge in [-0.25, -0.2) is 4.98 Å². The van der Waals surface area contributed by atoms with E-state index in [2.05, 4.69) is 4.98 Å². The fraction of sp³-hybridized carbons (Fsp3) is 0.267. The Bertz CT molecular complexity index is 740. The second-order valence-corrected chi connectivity index (χ2v) is 4.81. The fourth-order valence-corrected chi connectivity index (χ4v) is 1.87. The van der Waals surface area contributed by atoms with Crippen molar-refractivity contribution in [2.45, 2.75) is 25.6 Å². The van der Waals surface area contributed by atoms with Gasteiger partial charge in [-0.05, 0) is 12.1 Å². The number of rotatable bonds is 6. The third-order valence-electron chi connectivity index (χ3n) is 2.97. The number of nitrogens with two attached hydrogens (primary N) is 1. The highest BCUT2D eigenvalue weighted by Gasteiger charge is 2.34. The molecule has 0 bridgehead atoms. The lowest BCUT2D eigenvalue weighted by Crippen LogP contribution is -2.14. The van der Waals surface area contributed by atoms with E-state index in [0.717, 1.165) is 12.3 Å². The number of aromatic nitrogens is 1. The van der Waals surface area contributed by atoms with Crippen molar-refractivity contribution in [2.24, 2.45) is 5.73 Å². The fourth-order valence-electron chi connectivity index (χ4n) is 1.87. The second-order valence-electron chi connectivity index (χ2n) is 4.81. The van der Waals surface area contributed by atoms with Crippen LogP contribution in [0.15, 0.2) is 34.9 Å². The zero-order valence-electron chi connectivity index (χ0n) is 12.3. The van der Waals surface area contributed by atoms with Crippen LogP contribution < -0.4 is 5.73 Å². The number of carbonyl (C=O) groups is 2. The number of ether oxygens (including phenoxy) is 1. The third kappa shape index (κ3) is 4.58. The lowest BCUT2D eigenvalue weighted by atomic mass is 10.1. The molecule has 0 aliphatic rings. The smallest absolute Gasteiger partial charge is 0.417 e. The molecule has 1 amide bonds. The number of amides is 1. The first kappa shape index (κ1) is 17.5. The molecule has 0 aliphatic carbocycles. The largest absolute Gasteiger partial charge is 0.459 e. The monoisotopic (exact) mass is 342 g/mol. The van der Waals surface area contributed by atoms with E-state index in [1.807, 2.05) is 0 Å². The third-order valence-corrected chi connectivity index (χ3v) is 2.97. The van der Waals surface area contributed by atoms with E-state index in [4.69, 9.17) is 14.9 Å². The number of alkyl halides is 3. The number of benzene rings is 1. The van der Waals surface area contributed by atoms with Crippen LogP contribution in [0.3, 0.4) is 0 Å². The van der Waals surface area contributed by atoms with Crippen molar-refractivity contribution in [3.63, 3.8) is 0 Å². The molecule has 0 radical (unpaired) electrons. The molecule has 0 atom stereocenters. The van der Waals surface area contributed by atoms with Crippen molar-refractivity contribution in [3.8, 4) is 11.5 Å². The average molecular weight is 342 g/mol. The molecule has 1 aromatic carbocycles. The molecule has 2 rings (SSSR count). The van der Waals surface area contributed by atoms with Gasteiger partial charge in [0, 0.05) is 12.0 Å². The number of esters is 1. The van der Waals surface area contributed by atoms with Gasteiger partial charge >= 0.3 is 12.1 Å². The summed E-state index contributed by atoms with van der Waals surface area (Å²) in [6.45, 7) is -0.282. The van der Waals surface area contributed by atoms with Crippen molar-refractivity contribution in [1.82, 2.24) is 4.98 Å². The van der Waals surface area contributed by atoms with Gasteiger partial charge in [0.2, 0.25) is 11.8 Å². The topological polar surface area (TPSA) is 95.4 Å². The van der Waals surface area contributed by atoms with Gasteiger partial charge in [0.25, 0.3) is 0 Å². The molecule has 6 nitrogen and oxygen atoms in total. The summed E-state index contributed by atoms with van der Waals surface area (Å²) in [4.78, 5) is 25.8. The summed E-state index contributed by atoms with van der Waals surface area (Å²) < 4.78 is 48.8. The van der Waals surface area contributed by atoms with Gasteiger partial charge in [-0.15, -0.1) is 0 Å². The standard InChI is InChI=1S/C15H13F3N2O4/c16-15(17,18)11-4-2-1-3-10(11)14-20-9(8-24-14)7-23-13(22)6-5-12(19)21/h1-4,8H,5-7H2,(H2,19,21). The van der Waals surface area contributed by atoms with Gasteiger partial charge in [-0.3, -0.25) is 9.59 Å². The van der Waals surface area contributed by atoms with Gasteiger partial charge in [0.1, 0.15) is 18.6 Å². The maximum Gasteiger partial charge on any atom is 0.417 e. The minimum absolute atomic E-state index is 0.148. The van der Waals surface area contributed by atoms with Crippen LogP contribution in [0.25, 0.3) is 11.5 Å². The predicted octanol–water partition coefficient (Wildman–Crippen LogP) is 2.67. The van der Waals surface area contributed by atoms with E-state index in [9.17, 15) is 22.8 Å². The molecule has 24 heavy (non-hydrogen) atoms. The molecule has 0 aliphatic heterocycles. The molecular formula is C15H13F3N2O4. The molecule has 0 fully saturated rings. The Hall–Kier alpha value is -2.84. The number of nitrogens with zero attached hydrogens (tertiary/aromatic N) is 1. The molecule has 2 aromatic rings. The molecule has 1 aromatic heterocycles. The van der Waals surface area contributed by atoms with Crippen molar-refractivity contribution >= 4 is 11.9 Å². The first-order valence-electron chi connectivity index (χ1n) is 6.82. The minimum Gasteiger partial charge on any atom is -0.459 e. The molecular weight excluding hydrogens is 329 g/mol. The molecule has 1 heterocycles. The van der Waals surface area contributed by atoms with Crippen LogP contribution in [0.1, 0.15) is 24.1 Å². The Labute approximate surface area is 134 Å². The highest BCUT2D eigenvalue weighted by atomic mass is 19.4. The molecule has 0 saturated heterocycles. The van der Waals surface area contributed by atoms with E-state index >= 15 is 0 Å². The SMILES string of the molecule is NC(=O)CCC(=O)OCc1coc(-c2ccccc2C(F)(F)F)n1. The summed E-state index contributed by atoms with van der Waals surface area (Å²) in [6, 6.07) is 4.84. The maximum absolute atomic E-state index is 13.0. The number of halogens is 3. The molecule has 9 heteroatoms. The summed E-state index contributed by atoms with van der Waals surface area (Å²) in [6.07, 6.45) is -3.78. The number of primary amides is 1. The first-order valence-corrected chi connectivity index (χ1v) is 6.82. The highest BCUT2D eigenvalue weighted by Crippen LogP contribution is 2.36. The first-order chi connectivity index (χ1) is 11.3. The van der Waals surface area contributed by atoms with Crippen molar-refractivity contribution in [1.29, 1.82) is 0 Å². The lowest BCUT2D eigenvalue weighted by molar-refractivity contribution is -0.146. The Morgan fingerprint density at radius 1 is 1.21 bits per heavy atom. The van der Waals surface area contributed by atoms with Crippen LogP contribution in [-0.4, -0.2) is 16.9 Å². The van der Waals surface area contributed by atoms with Crippen LogP contribution in [0, 0.1) is 0 Å². The van der Waals surface area contributed by atoms with E-state index in [0.29, 0.717) is 0 Å². The van der Waals surface area contributed by atoms with Crippen LogP contribution >= 0.6 is 0 Å². The Balaban J connectivity index is 2.07. The van der Waals surface area contributed by atoms with Crippen LogP contribution in [-0.2, 0) is 27.1 Å². The van der Waals surface area contributed by atoms with E-state index in [-0.39, 0.29) is 36.6 Å². The summed E-state index contributed by atoms with van der Waals surface area (Å²) in [7, 11) is 0. The average Bonchev–Trinajstić information content (AvgIpc) is 2.99. The lowest BCUT2D eigenvalue weighted by Gasteiger charge is -2.09. The van der Waals surface area contributed by atoms with Gasteiger partial charge < -0.3 is 14.9 Å². The zero-order chi connectivity index (χ0) is 17.7. The van der Waals surface area contributed by atoms with Crippen LogP contribution in [0.5, 0.6) is 0 Å². The molecule has 0 spiro atoms. The van der Waals surface area contributed by atoms with Crippen LogP contribution in [0.2, 0.25) is 0 Å². The molecule has 0 saturated carbocycles. The molecule has 2 N–H and O–H groups in total. The van der Waals surface area contributed by atoms with Gasteiger partial charge in [0.15, 0.2) is 0 Å². The maximum atomic E-state index is 13.0. The van der Waals surface area contributed by atoms with Crippen molar-refractivity contribution < 1.29 is 31.9 Å². The van der Waals surface area contributed by atoms with Gasteiger partial charge in [-0.2, -0.15) is 13.2 Å². The normalized spacial score (nSPS) is 11.3. The second kappa shape index (κ2) is 7.16. The zero-order valence-corrected chi connectivity index (χ0v) is 12.3. The Kier molecular flexibility index (Phi) is 5.22. The van der Waals surface area contributed by atoms with E-state index in [1.54, 1.807) is 0 Å². The van der Waals surface area contributed by atoms with Crippen LogP contribution in [0.4, 0.5) is 13.2 Å². The van der Waals surface area contributed by atoms with Gasteiger partial charge in [-0.1, -0.05) is 12.1 Å². The van der Waals surface area contributed by atoms with E-state index < -0.39 is 23.6 Å². The summed E-state index contributed by atoms with van der Waals surface area (Å²) in [5.74, 6) is -1.54. The predicted molar refractivity (Wildman–Crippen MR) is 75.2 cm³/mol. The van der Waals surface area contributed by atoms with Crippen molar-refractivity contribution in [3.05, 3.63) is 41.8 Å². The highest BCUT2D eigenvalue weighted by molar-refractivity contribution is 5.79. The number of hydrogen-bond donors (Lipinski definition) is 1. The summed E-state index contributed by atoms with van der Waals surface area (Å²) >= 11 is 0. The Morgan fingerprint density at radius 3 is 2.58 bits per heavy atom. The number of hydrogen-bond acceptors (Lipinski definition) is 5. The van der Waals surface area contributed by atoms with Gasteiger partial charge in [0.05, 0.1) is 12.0 Å². The minimum atomic E-state index is -4.55. The molecule has 0 unspecified atom stereocenters. The summed E-state index contributed by atoms with van der Waals surface area (Å²) in [5, 5.41) is 0.